The molecule has 1 rings (SSSR count). The smallest absolute Gasteiger partial charge is 0.326 e. The molecule has 2 unspecified atom stereocenters. The van der Waals surface area contributed by atoms with Gasteiger partial charge >= 0.3 is 5.97 Å². The molecule has 1 aliphatic heterocycles. The lowest BCUT2D eigenvalue weighted by Gasteiger charge is -2.36. The number of rotatable bonds is 5. The fraction of sp³-hybridized carbons (Fsp3) is 0.833. The minimum Gasteiger partial charge on any atom is -0.480 e. The van der Waals surface area contributed by atoms with E-state index >= 15 is 0 Å². The third-order valence-electron chi connectivity index (χ3n) is 3.64. The van der Waals surface area contributed by atoms with E-state index in [1.54, 1.807) is 6.92 Å². The molecule has 0 aliphatic carbocycles. The summed E-state index contributed by atoms with van der Waals surface area (Å²) in [6.45, 7) is 5.32. The van der Waals surface area contributed by atoms with Crippen LogP contribution in [0.1, 0.15) is 39.5 Å². The summed E-state index contributed by atoms with van der Waals surface area (Å²) in [5.74, 6) is -1.09. The van der Waals surface area contributed by atoms with Gasteiger partial charge in [0.15, 0.2) is 0 Å². The van der Waals surface area contributed by atoms with E-state index in [4.69, 9.17) is 5.11 Å². The number of hydrogen-bond donors (Lipinski definition) is 3. The molecular formula is C12H22N2O3. The van der Waals surface area contributed by atoms with Gasteiger partial charge in [0.1, 0.15) is 6.04 Å². The molecule has 1 heterocycles. The van der Waals surface area contributed by atoms with Crippen molar-refractivity contribution in [2.75, 3.05) is 13.1 Å². The van der Waals surface area contributed by atoms with E-state index in [1.807, 2.05) is 6.92 Å². The molecule has 0 aromatic rings. The van der Waals surface area contributed by atoms with E-state index in [0.29, 0.717) is 13.0 Å². The summed E-state index contributed by atoms with van der Waals surface area (Å²) in [6.07, 6.45) is 2.94. The van der Waals surface area contributed by atoms with Crippen LogP contribution in [0.4, 0.5) is 0 Å². The SMILES string of the molecule is CCC(NC(=O)C1(CC)CCCNC1)C(=O)O. The van der Waals surface area contributed by atoms with E-state index in [1.165, 1.54) is 0 Å². The Labute approximate surface area is 102 Å². The van der Waals surface area contributed by atoms with Gasteiger partial charge in [-0.15, -0.1) is 0 Å². The van der Waals surface area contributed by atoms with Crippen LogP contribution in [-0.4, -0.2) is 36.1 Å². The van der Waals surface area contributed by atoms with Crippen molar-refractivity contribution in [3.8, 4) is 0 Å². The molecule has 0 bridgehead atoms. The molecule has 1 saturated heterocycles. The van der Waals surface area contributed by atoms with Gasteiger partial charge in [-0.05, 0) is 32.2 Å². The molecule has 5 nitrogen and oxygen atoms in total. The van der Waals surface area contributed by atoms with Crippen LogP contribution >= 0.6 is 0 Å². The molecule has 1 amide bonds. The summed E-state index contributed by atoms with van der Waals surface area (Å²) in [6, 6.07) is -0.771. The highest BCUT2D eigenvalue weighted by atomic mass is 16.4. The second kappa shape index (κ2) is 6.00. The van der Waals surface area contributed by atoms with Gasteiger partial charge in [-0.1, -0.05) is 13.8 Å². The summed E-state index contributed by atoms with van der Waals surface area (Å²) >= 11 is 0. The molecule has 17 heavy (non-hydrogen) atoms. The molecule has 0 saturated carbocycles. The first-order valence-electron chi connectivity index (χ1n) is 6.30. The standard InChI is InChI=1S/C12H22N2O3/c1-3-9(10(15)16)14-11(17)12(4-2)6-5-7-13-8-12/h9,13H,3-8H2,1-2H3,(H,14,17)(H,15,16). The number of carboxylic acid groups (broad SMARTS) is 1. The molecule has 0 aromatic carbocycles. The fourth-order valence-electron chi connectivity index (χ4n) is 2.27. The largest absolute Gasteiger partial charge is 0.480 e. The van der Waals surface area contributed by atoms with Crippen LogP contribution in [0.2, 0.25) is 0 Å². The third-order valence-corrected chi connectivity index (χ3v) is 3.64. The lowest BCUT2D eigenvalue weighted by molar-refractivity contribution is -0.144. The van der Waals surface area contributed by atoms with Crippen LogP contribution in [0.5, 0.6) is 0 Å². The van der Waals surface area contributed by atoms with Crippen LogP contribution in [0.15, 0.2) is 0 Å². The van der Waals surface area contributed by atoms with E-state index in [9.17, 15) is 9.59 Å². The average molecular weight is 242 g/mol. The zero-order chi connectivity index (χ0) is 12.9. The predicted octanol–water partition coefficient (Wildman–Crippen LogP) is 0.746. The summed E-state index contributed by atoms with van der Waals surface area (Å²) in [7, 11) is 0. The average Bonchev–Trinajstić information content (AvgIpc) is 2.35. The van der Waals surface area contributed by atoms with Gasteiger partial charge in [0.2, 0.25) is 5.91 Å². The number of hydrogen-bond acceptors (Lipinski definition) is 3. The number of nitrogens with one attached hydrogen (secondary N) is 2. The Morgan fingerprint density at radius 3 is 2.59 bits per heavy atom. The molecule has 0 radical (unpaired) electrons. The van der Waals surface area contributed by atoms with Crippen molar-refractivity contribution in [1.82, 2.24) is 10.6 Å². The van der Waals surface area contributed by atoms with Crippen molar-refractivity contribution in [1.29, 1.82) is 0 Å². The maximum absolute atomic E-state index is 12.2. The lowest BCUT2D eigenvalue weighted by atomic mass is 9.77. The van der Waals surface area contributed by atoms with Crippen LogP contribution in [-0.2, 0) is 9.59 Å². The Balaban J connectivity index is 2.68. The summed E-state index contributed by atoms with van der Waals surface area (Å²) in [5, 5.41) is 14.8. The number of aliphatic carboxylic acids is 1. The Hall–Kier alpha value is -1.10. The van der Waals surface area contributed by atoms with Gasteiger partial charge in [0, 0.05) is 6.54 Å². The van der Waals surface area contributed by atoms with E-state index in [-0.39, 0.29) is 5.91 Å². The third kappa shape index (κ3) is 3.19. The van der Waals surface area contributed by atoms with Crippen LogP contribution < -0.4 is 10.6 Å². The normalized spacial score (nSPS) is 26.2. The molecule has 1 fully saturated rings. The summed E-state index contributed by atoms with van der Waals surface area (Å²) in [5.41, 5.74) is -0.429. The van der Waals surface area contributed by atoms with Crippen molar-refractivity contribution in [3.05, 3.63) is 0 Å². The number of carbonyl (C=O) groups is 2. The molecule has 2 atom stereocenters. The first-order valence-corrected chi connectivity index (χ1v) is 6.30. The van der Waals surface area contributed by atoms with Gasteiger partial charge < -0.3 is 15.7 Å². The first kappa shape index (κ1) is 14.0. The van der Waals surface area contributed by atoms with E-state index < -0.39 is 17.4 Å². The molecule has 3 N–H and O–H groups in total. The highest BCUT2D eigenvalue weighted by Gasteiger charge is 2.39. The monoisotopic (exact) mass is 242 g/mol. The molecule has 1 aliphatic rings. The topological polar surface area (TPSA) is 78.4 Å². The Bertz CT molecular complexity index is 285. The predicted molar refractivity (Wildman–Crippen MR) is 64.7 cm³/mol. The highest BCUT2D eigenvalue weighted by Crippen LogP contribution is 2.30. The minimum atomic E-state index is -0.962. The van der Waals surface area contributed by atoms with Crippen LogP contribution in [0, 0.1) is 5.41 Å². The van der Waals surface area contributed by atoms with Crippen molar-refractivity contribution in [2.45, 2.75) is 45.6 Å². The van der Waals surface area contributed by atoms with Gasteiger partial charge in [0.25, 0.3) is 0 Å². The van der Waals surface area contributed by atoms with Gasteiger partial charge in [0.05, 0.1) is 5.41 Å². The molecule has 0 spiro atoms. The van der Waals surface area contributed by atoms with Crippen molar-refractivity contribution in [3.63, 3.8) is 0 Å². The second-order valence-corrected chi connectivity index (χ2v) is 4.69. The van der Waals surface area contributed by atoms with Crippen molar-refractivity contribution in [2.24, 2.45) is 5.41 Å². The van der Waals surface area contributed by atoms with Gasteiger partial charge in [-0.3, -0.25) is 4.79 Å². The van der Waals surface area contributed by atoms with Crippen molar-refractivity contribution >= 4 is 11.9 Å². The Morgan fingerprint density at radius 2 is 2.18 bits per heavy atom. The molecule has 98 valence electrons. The molecular weight excluding hydrogens is 220 g/mol. The Kier molecular flexibility index (Phi) is 4.93. The van der Waals surface area contributed by atoms with E-state index in [2.05, 4.69) is 10.6 Å². The van der Waals surface area contributed by atoms with Gasteiger partial charge in [-0.2, -0.15) is 0 Å². The lowest BCUT2D eigenvalue weighted by Crippen LogP contribution is -2.53. The number of piperidine rings is 1. The Morgan fingerprint density at radius 1 is 1.47 bits per heavy atom. The number of amides is 1. The quantitative estimate of drug-likeness (QED) is 0.664. The minimum absolute atomic E-state index is 0.124. The number of carbonyl (C=O) groups excluding carboxylic acids is 1. The molecule has 5 heteroatoms. The maximum atomic E-state index is 12.2. The second-order valence-electron chi connectivity index (χ2n) is 4.69. The first-order chi connectivity index (χ1) is 8.05. The molecule has 0 aromatic heterocycles. The fourth-order valence-corrected chi connectivity index (χ4v) is 2.27. The highest BCUT2D eigenvalue weighted by molar-refractivity contribution is 5.87. The summed E-state index contributed by atoms with van der Waals surface area (Å²) in [4.78, 5) is 23.1. The number of carboxylic acids is 1. The van der Waals surface area contributed by atoms with Gasteiger partial charge in [-0.25, -0.2) is 4.79 Å². The zero-order valence-electron chi connectivity index (χ0n) is 10.6. The maximum Gasteiger partial charge on any atom is 0.326 e. The van der Waals surface area contributed by atoms with Crippen molar-refractivity contribution < 1.29 is 14.7 Å². The summed E-state index contributed by atoms with van der Waals surface area (Å²) < 4.78 is 0. The van der Waals surface area contributed by atoms with E-state index in [0.717, 1.165) is 25.8 Å². The van der Waals surface area contributed by atoms with Crippen LogP contribution in [0.3, 0.4) is 0 Å². The van der Waals surface area contributed by atoms with Crippen LogP contribution in [0.25, 0.3) is 0 Å². The zero-order valence-corrected chi connectivity index (χ0v) is 10.6.